The van der Waals surface area contributed by atoms with Crippen molar-refractivity contribution in [2.45, 2.75) is 11.4 Å². The molecule has 106 valence electrons. The van der Waals surface area contributed by atoms with E-state index < -0.39 is 9.84 Å². The van der Waals surface area contributed by atoms with Crippen LogP contribution in [0.15, 0.2) is 47.4 Å². The third kappa shape index (κ3) is 3.43. The van der Waals surface area contributed by atoms with E-state index in [-0.39, 0.29) is 0 Å². The number of sulfone groups is 1. The molecule has 3 N–H and O–H groups in total. The molecule has 0 aliphatic rings. The molecular weight excluding hydrogens is 296 g/mol. The molecule has 0 heterocycles. The van der Waals surface area contributed by atoms with Crippen LogP contribution in [-0.2, 0) is 16.4 Å². The summed E-state index contributed by atoms with van der Waals surface area (Å²) in [6.07, 6.45) is 1.19. The van der Waals surface area contributed by atoms with Crippen LogP contribution in [-0.4, -0.2) is 14.7 Å². The molecule has 0 atom stereocenters. The molecule has 20 heavy (non-hydrogen) atoms. The van der Waals surface area contributed by atoms with E-state index in [9.17, 15) is 8.42 Å². The molecule has 0 aromatic heterocycles. The lowest BCUT2D eigenvalue weighted by Crippen LogP contribution is -2.03. The average molecular weight is 311 g/mol. The van der Waals surface area contributed by atoms with Crippen LogP contribution in [0, 0.1) is 0 Å². The van der Waals surface area contributed by atoms with E-state index in [1.165, 1.54) is 6.26 Å². The first-order valence-electron chi connectivity index (χ1n) is 5.95. The van der Waals surface area contributed by atoms with Gasteiger partial charge in [0, 0.05) is 12.8 Å². The quantitative estimate of drug-likeness (QED) is 0.852. The third-order valence-electron chi connectivity index (χ3n) is 2.89. The molecule has 0 aliphatic heterocycles. The Kier molecular flexibility index (Phi) is 4.20. The molecule has 0 saturated carbocycles. The SMILES string of the molecule is CS(=O)(=O)c1ccc(CNc2cccc(Cl)c2N)cc1. The number of para-hydroxylation sites is 1. The molecule has 6 heteroatoms. The fraction of sp³-hybridized carbons (Fsp3) is 0.143. The van der Waals surface area contributed by atoms with Crippen LogP contribution >= 0.6 is 11.6 Å². The van der Waals surface area contributed by atoms with Crippen LogP contribution in [0.1, 0.15) is 5.56 Å². The lowest BCUT2D eigenvalue weighted by Gasteiger charge is -2.10. The van der Waals surface area contributed by atoms with Gasteiger partial charge in [0.05, 0.1) is 21.3 Å². The van der Waals surface area contributed by atoms with Gasteiger partial charge in [0.15, 0.2) is 9.84 Å². The molecule has 4 nitrogen and oxygen atoms in total. The molecule has 0 amide bonds. The molecule has 0 fully saturated rings. The molecule has 0 bridgehead atoms. The highest BCUT2D eigenvalue weighted by atomic mass is 35.5. The Morgan fingerprint density at radius 1 is 1.15 bits per heavy atom. The van der Waals surface area contributed by atoms with Gasteiger partial charge in [-0.25, -0.2) is 8.42 Å². The van der Waals surface area contributed by atoms with Crippen molar-refractivity contribution >= 4 is 32.8 Å². The van der Waals surface area contributed by atoms with Gasteiger partial charge in [0.1, 0.15) is 0 Å². The van der Waals surface area contributed by atoms with Crippen molar-refractivity contribution in [3.05, 3.63) is 53.1 Å². The Morgan fingerprint density at radius 2 is 1.80 bits per heavy atom. The van der Waals surface area contributed by atoms with Crippen LogP contribution in [0.3, 0.4) is 0 Å². The van der Waals surface area contributed by atoms with E-state index in [0.717, 1.165) is 11.3 Å². The van der Waals surface area contributed by atoms with Gasteiger partial charge >= 0.3 is 0 Å². The molecule has 0 unspecified atom stereocenters. The molecule has 0 radical (unpaired) electrons. The molecule has 2 aromatic carbocycles. The van der Waals surface area contributed by atoms with Crippen LogP contribution in [0.2, 0.25) is 5.02 Å². The molecule has 2 rings (SSSR count). The zero-order chi connectivity index (χ0) is 14.8. The first-order valence-corrected chi connectivity index (χ1v) is 8.22. The van der Waals surface area contributed by atoms with E-state index in [2.05, 4.69) is 5.32 Å². The predicted molar refractivity (Wildman–Crippen MR) is 82.7 cm³/mol. The fourth-order valence-corrected chi connectivity index (χ4v) is 2.55. The Balaban J connectivity index is 2.10. The zero-order valence-corrected chi connectivity index (χ0v) is 12.5. The maximum absolute atomic E-state index is 11.4. The summed E-state index contributed by atoms with van der Waals surface area (Å²) in [5, 5.41) is 3.67. The Labute approximate surface area is 123 Å². The average Bonchev–Trinajstić information content (AvgIpc) is 2.40. The van der Waals surface area contributed by atoms with Gasteiger partial charge in [0.2, 0.25) is 0 Å². The summed E-state index contributed by atoms with van der Waals surface area (Å²) in [7, 11) is -3.16. The van der Waals surface area contributed by atoms with Crippen molar-refractivity contribution in [3.63, 3.8) is 0 Å². The third-order valence-corrected chi connectivity index (χ3v) is 4.35. The highest BCUT2D eigenvalue weighted by Gasteiger charge is 2.06. The van der Waals surface area contributed by atoms with Gasteiger partial charge in [-0.2, -0.15) is 0 Å². The van der Waals surface area contributed by atoms with Crippen molar-refractivity contribution in [3.8, 4) is 0 Å². The summed E-state index contributed by atoms with van der Waals surface area (Å²) >= 11 is 5.93. The Morgan fingerprint density at radius 3 is 2.40 bits per heavy atom. The normalized spacial score (nSPS) is 11.3. The summed E-state index contributed by atoms with van der Waals surface area (Å²) in [4.78, 5) is 0.309. The number of anilines is 2. The topological polar surface area (TPSA) is 72.2 Å². The standard InChI is InChI=1S/C14H15ClN2O2S/c1-20(18,19)11-7-5-10(6-8-11)9-17-13-4-2-3-12(15)14(13)16/h2-8,17H,9,16H2,1H3. The van der Waals surface area contributed by atoms with E-state index in [0.29, 0.717) is 22.2 Å². The molecule has 0 aliphatic carbocycles. The number of rotatable bonds is 4. The molecule has 0 saturated heterocycles. The zero-order valence-electron chi connectivity index (χ0n) is 10.9. The molecular formula is C14H15ClN2O2S. The lowest BCUT2D eigenvalue weighted by atomic mass is 10.2. The van der Waals surface area contributed by atoms with Gasteiger partial charge in [-0.15, -0.1) is 0 Å². The number of hydrogen-bond donors (Lipinski definition) is 2. The van der Waals surface area contributed by atoms with Crippen LogP contribution in [0.25, 0.3) is 0 Å². The predicted octanol–water partition coefficient (Wildman–Crippen LogP) is 2.94. The summed E-state index contributed by atoms with van der Waals surface area (Å²) < 4.78 is 22.7. The molecule has 0 spiro atoms. The van der Waals surface area contributed by atoms with Crippen molar-refractivity contribution in [2.24, 2.45) is 0 Å². The van der Waals surface area contributed by atoms with Crippen LogP contribution in [0.4, 0.5) is 11.4 Å². The van der Waals surface area contributed by atoms with Crippen molar-refractivity contribution < 1.29 is 8.42 Å². The van der Waals surface area contributed by atoms with Gasteiger partial charge in [-0.3, -0.25) is 0 Å². The summed E-state index contributed by atoms with van der Waals surface area (Å²) in [6, 6.07) is 12.1. The van der Waals surface area contributed by atoms with E-state index in [4.69, 9.17) is 17.3 Å². The summed E-state index contributed by atoms with van der Waals surface area (Å²) in [6.45, 7) is 0.536. The van der Waals surface area contributed by atoms with Gasteiger partial charge in [-0.1, -0.05) is 29.8 Å². The minimum Gasteiger partial charge on any atom is -0.396 e. The number of nitrogen functional groups attached to an aromatic ring is 1. The van der Waals surface area contributed by atoms with Crippen LogP contribution < -0.4 is 11.1 Å². The number of halogens is 1. The largest absolute Gasteiger partial charge is 0.396 e. The fourth-order valence-electron chi connectivity index (χ4n) is 1.74. The summed E-state index contributed by atoms with van der Waals surface area (Å²) in [5.41, 5.74) is 8.07. The van der Waals surface area contributed by atoms with Gasteiger partial charge < -0.3 is 11.1 Å². The second-order valence-corrected chi connectivity index (χ2v) is 6.89. The highest BCUT2D eigenvalue weighted by Crippen LogP contribution is 2.27. The second kappa shape index (κ2) is 5.73. The van der Waals surface area contributed by atoms with Gasteiger partial charge in [0.25, 0.3) is 0 Å². The Hall–Kier alpha value is -1.72. The maximum atomic E-state index is 11.4. The second-order valence-electron chi connectivity index (χ2n) is 4.47. The highest BCUT2D eigenvalue weighted by molar-refractivity contribution is 7.90. The first-order chi connectivity index (χ1) is 9.38. The van der Waals surface area contributed by atoms with Crippen LogP contribution in [0.5, 0.6) is 0 Å². The number of benzene rings is 2. The minimum absolute atomic E-state index is 0.309. The number of hydrogen-bond acceptors (Lipinski definition) is 4. The minimum atomic E-state index is -3.16. The molecule has 2 aromatic rings. The summed E-state index contributed by atoms with van der Waals surface area (Å²) in [5.74, 6) is 0. The smallest absolute Gasteiger partial charge is 0.175 e. The monoisotopic (exact) mass is 310 g/mol. The number of nitrogens with two attached hydrogens (primary N) is 1. The van der Waals surface area contributed by atoms with Crippen molar-refractivity contribution in [1.29, 1.82) is 0 Å². The Bertz CT molecular complexity index is 712. The first kappa shape index (κ1) is 14.7. The van der Waals surface area contributed by atoms with E-state index in [1.54, 1.807) is 30.3 Å². The van der Waals surface area contributed by atoms with E-state index in [1.807, 2.05) is 12.1 Å². The lowest BCUT2D eigenvalue weighted by molar-refractivity contribution is 0.602. The van der Waals surface area contributed by atoms with Gasteiger partial charge in [-0.05, 0) is 29.8 Å². The van der Waals surface area contributed by atoms with Crippen molar-refractivity contribution in [1.82, 2.24) is 0 Å². The van der Waals surface area contributed by atoms with E-state index >= 15 is 0 Å². The maximum Gasteiger partial charge on any atom is 0.175 e. The number of nitrogens with one attached hydrogen (secondary N) is 1. The van der Waals surface area contributed by atoms with Crippen molar-refractivity contribution in [2.75, 3.05) is 17.3 Å².